The molecule has 2 heterocycles. The number of thioether (sulfide) groups is 1. The van der Waals surface area contributed by atoms with Crippen LogP contribution in [0.15, 0.2) is 4.99 Å². The van der Waals surface area contributed by atoms with Gasteiger partial charge in [0.2, 0.25) is 0 Å². The van der Waals surface area contributed by atoms with Gasteiger partial charge in [0.15, 0.2) is 5.44 Å². The van der Waals surface area contributed by atoms with Crippen molar-refractivity contribution in [2.45, 2.75) is 35.9 Å². The molecule has 0 bridgehead atoms. The number of amidine groups is 1. The Kier molecular flexibility index (Phi) is 3.58. The molecule has 0 saturated carbocycles. The Morgan fingerprint density at radius 1 is 1.44 bits per heavy atom. The molecule has 2 fully saturated rings. The lowest BCUT2D eigenvalue weighted by atomic mass is 10.0. The first-order chi connectivity index (χ1) is 7.67. The molecule has 5 atom stereocenters. The highest BCUT2D eigenvalue weighted by Crippen LogP contribution is 2.35. The van der Waals surface area contributed by atoms with Crippen molar-refractivity contribution in [3.05, 3.63) is 0 Å². The summed E-state index contributed by atoms with van der Waals surface area (Å²) < 4.78 is 5.48. The number of fused-ring (bicyclic) bond motifs is 1. The van der Waals surface area contributed by atoms with Gasteiger partial charge in [0.05, 0.1) is 18.0 Å². The van der Waals surface area contributed by atoms with Gasteiger partial charge in [0, 0.05) is 6.54 Å². The second-order valence-corrected chi connectivity index (χ2v) is 5.12. The van der Waals surface area contributed by atoms with E-state index < -0.39 is 17.5 Å². The van der Waals surface area contributed by atoms with Gasteiger partial charge in [-0.1, -0.05) is 0 Å². The summed E-state index contributed by atoms with van der Waals surface area (Å²) in [5.41, 5.74) is -0.305. The lowest BCUT2D eigenvalue weighted by molar-refractivity contribution is -0.0206. The fourth-order valence-electron chi connectivity index (χ4n) is 1.85. The molecule has 0 amide bonds. The van der Waals surface area contributed by atoms with Gasteiger partial charge < -0.3 is 25.4 Å². The van der Waals surface area contributed by atoms with E-state index in [-0.39, 0.29) is 18.1 Å². The largest absolute Gasteiger partial charge is 0.449 e. The van der Waals surface area contributed by atoms with Crippen molar-refractivity contribution in [2.24, 2.45) is 4.99 Å². The third kappa shape index (κ3) is 2.00. The van der Waals surface area contributed by atoms with Crippen LogP contribution in [0.2, 0.25) is 0 Å². The SMILES string of the molecule is CCN=C1NC2[C@@H](O)[C@H](O)[C@@H](CO)S[C@@H]2O1. The zero-order valence-electron chi connectivity index (χ0n) is 8.91. The summed E-state index contributed by atoms with van der Waals surface area (Å²) in [7, 11) is 0. The highest BCUT2D eigenvalue weighted by atomic mass is 32.2. The van der Waals surface area contributed by atoms with Crippen LogP contribution in [0.3, 0.4) is 0 Å². The summed E-state index contributed by atoms with van der Waals surface area (Å²) in [4.78, 5) is 4.07. The summed E-state index contributed by atoms with van der Waals surface area (Å²) >= 11 is 1.32. The van der Waals surface area contributed by atoms with Gasteiger partial charge >= 0.3 is 0 Å². The average Bonchev–Trinajstić information content (AvgIpc) is 2.67. The zero-order chi connectivity index (χ0) is 11.7. The van der Waals surface area contributed by atoms with E-state index in [4.69, 9.17) is 9.84 Å². The van der Waals surface area contributed by atoms with Gasteiger partial charge in [-0.15, -0.1) is 11.8 Å². The molecule has 0 aromatic rings. The molecule has 6 nitrogen and oxygen atoms in total. The van der Waals surface area contributed by atoms with E-state index >= 15 is 0 Å². The van der Waals surface area contributed by atoms with Gasteiger partial charge in [-0.25, -0.2) is 4.99 Å². The molecule has 2 aliphatic rings. The number of aliphatic imine (C=N–C) groups is 1. The summed E-state index contributed by atoms with van der Waals surface area (Å²) in [5, 5.41) is 31.2. The highest BCUT2D eigenvalue weighted by Gasteiger charge is 2.49. The van der Waals surface area contributed by atoms with Gasteiger partial charge in [0.25, 0.3) is 6.02 Å². The van der Waals surface area contributed by atoms with Gasteiger partial charge in [-0.2, -0.15) is 0 Å². The molecular formula is C9H16N2O4S. The molecule has 7 heteroatoms. The summed E-state index contributed by atoms with van der Waals surface area (Å²) in [5.74, 6) is 0. The van der Waals surface area contributed by atoms with Crippen molar-refractivity contribution in [3.8, 4) is 0 Å². The molecular weight excluding hydrogens is 232 g/mol. The van der Waals surface area contributed by atoms with Gasteiger partial charge in [-0.3, -0.25) is 0 Å². The monoisotopic (exact) mass is 248 g/mol. The molecule has 0 aromatic carbocycles. The van der Waals surface area contributed by atoms with Crippen LogP contribution < -0.4 is 5.32 Å². The normalized spacial score (nSPS) is 45.0. The predicted octanol–water partition coefficient (Wildman–Crippen LogP) is -1.49. The Hall–Kier alpha value is -0.500. The highest BCUT2D eigenvalue weighted by molar-refractivity contribution is 8.00. The number of nitrogens with zero attached hydrogens (tertiary/aromatic N) is 1. The minimum Gasteiger partial charge on any atom is -0.449 e. The van der Waals surface area contributed by atoms with E-state index in [1.807, 2.05) is 6.92 Å². The smallest absolute Gasteiger partial charge is 0.286 e. The minimum atomic E-state index is -0.951. The van der Waals surface area contributed by atoms with Crippen molar-refractivity contribution in [3.63, 3.8) is 0 Å². The van der Waals surface area contributed by atoms with Crippen LogP contribution in [0, 0.1) is 0 Å². The minimum absolute atomic E-state index is 0.185. The quantitative estimate of drug-likeness (QED) is 0.475. The van der Waals surface area contributed by atoms with E-state index in [9.17, 15) is 10.2 Å². The third-order valence-electron chi connectivity index (χ3n) is 2.70. The van der Waals surface area contributed by atoms with E-state index in [2.05, 4.69) is 10.3 Å². The molecule has 1 unspecified atom stereocenters. The fraction of sp³-hybridized carbons (Fsp3) is 0.889. The lowest BCUT2D eigenvalue weighted by Crippen LogP contribution is -2.56. The molecule has 4 N–H and O–H groups in total. The average molecular weight is 248 g/mol. The van der Waals surface area contributed by atoms with Crippen molar-refractivity contribution in [1.82, 2.24) is 5.32 Å². The topological polar surface area (TPSA) is 94.3 Å². The van der Waals surface area contributed by atoms with Crippen molar-refractivity contribution in [2.75, 3.05) is 13.2 Å². The Balaban J connectivity index is 2.10. The number of ether oxygens (including phenoxy) is 1. The van der Waals surface area contributed by atoms with E-state index in [0.717, 1.165) is 0 Å². The van der Waals surface area contributed by atoms with Crippen LogP contribution in [-0.4, -0.2) is 63.4 Å². The number of nitrogens with one attached hydrogen (secondary N) is 1. The fourth-order valence-corrected chi connectivity index (χ4v) is 3.15. The number of hydrogen-bond donors (Lipinski definition) is 4. The Labute approximate surface area is 97.7 Å². The maximum absolute atomic E-state index is 9.86. The molecule has 16 heavy (non-hydrogen) atoms. The summed E-state index contributed by atoms with van der Waals surface area (Å²) in [6, 6.07) is 0.0305. The third-order valence-corrected chi connectivity index (χ3v) is 4.14. The maximum Gasteiger partial charge on any atom is 0.286 e. The Bertz CT molecular complexity index is 289. The number of hydrogen-bond acceptors (Lipinski definition) is 6. The zero-order valence-corrected chi connectivity index (χ0v) is 9.72. The second kappa shape index (κ2) is 4.79. The standard InChI is InChI=1S/C9H16N2O4S/c1-2-10-9-11-5-7(14)6(13)4(3-12)16-8(5)15-9/h4-8,12-14H,2-3H2,1H3,(H,10,11)/t4-,5?,6-,7-,8+/m1/s1. The molecule has 92 valence electrons. The summed E-state index contributed by atoms with van der Waals surface area (Å²) in [6.45, 7) is 2.29. The van der Waals surface area contributed by atoms with E-state index in [1.165, 1.54) is 11.8 Å². The van der Waals surface area contributed by atoms with Gasteiger partial charge in [-0.05, 0) is 6.92 Å². The lowest BCUT2D eigenvalue weighted by Gasteiger charge is -2.36. The van der Waals surface area contributed by atoms with Gasteiger partial charge in [0.1, 0.15) is 12.1 Å². The van der Waals surface area contributed by atoms with Crippen LogP contribution in [0.1, 0.15) is 6.92 Å². The predicted molar refractivity (Wildman–Crippen MR) is 60.3 cm³/mol. The number of rotatable bonds is 2. The van der Waals surface area contributed by atoms with Crippen molar-refractivity contribution >= 4 is 17.8 Å². The first kappa shape index (κ1) is 12.0. The number of aliphatic hydroxyl groups excluding tert-OH is 3. The van der Waals surface area contributed by atoms with E-state index in [0.29, 0.717) is 12.6 Å². The molecule has 2 aliphatic heterocycles. The van der Waals surface area contributed by atoms with E-state index in [1.54, 1.807) is 0 Å². The Morgan fingerprint density at radius 2 is 2.19 bits per heavy atom. The molecule has 0 radical (unpaired) electrons. The molecule has 0 spiro atoms. The van der Waals surface area contributed by atoms with Crippen LogP contribution in [-0.2, 0) is 4.74 Å². The van der Waals surface area contributed by atoms with Crippen LogP contribution in [0.5, 0.6) is 0 Å². The molecule has 2 saturated heterocycles. The maximum atomic E-state index is 9.86. The van der Waals surface area contributed by atoms with Crippen molar-refractivity contribution in [1.29, 1.82) is 0 Å². The van der Waals surface area contributed by atoms with Crippen LogP contribution >= 0.6 is 11.8 Å². The molecule has 0 aliphatic carbocycles. The first-order valence-corrected chi connectivity index (χ1v) is 6.21. The summed E-state index contributed by atoms with van der Waals surface area (Å²) in [6.07, 6.45) is -1.90. The van der Waals surface area contributed by atoms with Crippen LogP contribution in [0.4, 0.5) is 0 Å². The Morgan fingerprint density at radius 3 is 2.81 bits per heavy atom. The first-order valence-electron chi connectivity index (χ1n) is 5.27. The molecule has 2 rings (SSSR count). The second-order valence-electron chi connectivity index (χ2n) is 3.77. The van der Waals surface area contributed by atoms with Crippen LogP contribution in [0.25, 0.3) is 0 Å². The molecule has 0 aromatic heterocycles. The number of aliphatic hydroxyl groups is 3. The van der Waals surface area contributed by atoms with Crippen molar-refractivity contribution < 1.29 is 20.1 Å².